The van der Waals surface area contributed by atoms with Crippen molar-refractivity contribution < 1.29 is 23.2 Å². The molecule has 2 fully saturated rings. The molecule has 2 aliphatic rings. The molecule has 2 N–H and O–H groups in total. The lowest BCUT2D eigenvalue weighted by atomic mass is 9.95. The fraction of sp³-hybridized carbons (Fsp3) is 0.421. The molecule has 11 heteroatoms. The van der Waals surface area contributed by atoms with Crippen LogP contribution in [0.2, 0.25) is 0 Å². The second kappa shape index (κ2) is 8.08. The molecule has 0 aliphatic carbocycles. The minimum absolute atomic E-state index is 0.130. The number of nitrogens with zero attached hydrogens (tertiary/aromatic N) is 5. The third-order valence-corrected chi connectivity index (χ3v) is 5.33. The Morgan fingerprint density at radius 3 is 2.73 bits per heavy atom. The Morgan fingerprint density at radius 1 is 1.30 bits per heavy atom. The van der Waals surface area contributed by atoms with Crippen molar-refractivity contribution in [3.8, 4) is 6.07 Å². The van der Waals surface area contributed by atoms with Gasteiger partial charge in [-0.15, -0.1) is 0 Å². The van der Waals surface area contributed by atoms with E-state index in [-0.39, 0.29) is 29.6 Å². The number of aromatic nitrogens is 2. The number of carbonyl (C=O) groups excluding carboxylic acids is 2. The number of furan rings is 1. The van der Waals surface area contributed by atoms with Gasteiger partial charge in [0.2, 0.25) is 17.6 Å². The van der Waals surface area contributed by atoms with Gasteiger partial charge in [0, 0.05) is 37.1 Å². The Balaban J connectivity index is 1.41. The molecule has 2 aromatic heterocycles. The molecule has 30 heavy (non-hydrogen) atoms. The molecule has 0 spiro atoms. The minimum Gasteiger partial charge on any atom is -0.453 e. The van der Waals surface area contributed by atoms with Crippen molar-refractivity contribution in [2.75, 3.05) is 24.6 Å². The molecular formula is C19H19FN6O4. The molecule has 2 saturated heterocycles. The first kappa shape index (κ1) is 19.8. The molecular weight excluding hydrogens is 395 g/mol. The molecule has 2 aromatic rings. The van der Waals surface area contributed by atoms with Crippen LogP contribution in [0.5, 0.6) is 0 Å². The minimum atomic E-state index is -0.961. The molecule has 4 rings (SSSR count). The third-order valence-electron chi connectivity index (χ3n) is 5.33. The summed E-state index contributed by atoms with van der Waals surface area (Å²) in [4.78, 5) is 39.5. The first-order valence-electron chi connectivity index (χ1n) is 9.49. The number of piperidine rings is 1. The molecule has 0 bridgehead atoms. The van der Waals surface area contributed by atoms with Crippen LogP contribution in [0, 0.1) is 23.1 Å². The first-order valence-corrected chi connectivity index (χ1v) is 9.49. The van der Waals surface area contributed by atoms with Gasteiger partial charge in [0.1, 0.15) is 6.07 Å². The fourth-order valence-corrected chi connectivity index (χ4v) is 3.76. The number of nitriles is 1. The van der Waals surface area contributed by atoms with Crippen molar-refractivity contribution in [1.82, 2.24) is 15.0 Å². The maximum Gasteiger partial charge on any atom is 0.270 e. The normalized spacial score (nSPS) is 19.7. The summed E-state index contributed by atoms with van der Waals surface area (Å²) >= 11 is 0. The molecule has 156 valence electrons. The average Bonchev–Trinajstić information content (AvgIpc) is 3.42. The highest BCUT2D eigenvalue weighted by Crippen LogP contribution is 2.34. The standard InChI is InChI=1S/C19H19FN6O4/c20-14-9-23-19(24-16(14)17(22)27)25-4-1-11(2-5-25)18(28)26-15(3-6-30-26)12-7-13(8-21)29-10-12/h7,9-11,15H,1-6H2,(H2,22,27)/t15-/m0/s1. The van der Waals surface area contributed by atoms with E-state index in [2.05, 4.69) is 9.97 Å². The lowest BCUT2D eigenvalue weighted by Crippen LogP contribution is -2.42. The van der Waals surface area contributed by atoms with Crippen LogP contribution in [0.3, 0.4) is 0 Å². The number of rotatable bonds is 4. The van der Waals surface area contributed by atoms with Gasteiger partial charge < -0.3 is 15.1 Å². The van der Waals surface area contributed by atoms with E-state index in [1.807, 2.05) is 6.07 Å². The summed E-state index contributed by atoms with van der Waals surface area (Å²) in [5.74, 6) is -1.83. The van der Waals surface area contributed by atoms with E-state index in [0.717, 1.165) is 11.8 Å². The van der Waals surface area contributed by atoms with Crippen molar-refractivity contribution in [3.05, 3.63) is 41.4 Å². The van der Waals surface area contributed by atoms with Gasteiger partial charge in [-0.05, 0) is 12.8 Å². The summed E-state index contributed by atoms with van der Waals surface area (Å²) in [6, 6.07) is 3.26. The van der Waals surface area contributed by atoms with Crippen molar-refractivity contribution in [1.29, 1.82) is 5.26 Å². The highest BCUT2D eigenvalue weighted by Gasteiger charge is 2.38. The number of amides is 2. The molecule has 0 radical (unpaired) electrons. The maximum absolute atomic E-state index is 13.6. The molecule has 4 heterocycles. The first-order chi connectivity index (χ1) is 14.5. The van der Waals surface area contributed by atoms with Crippen molar-refractivity contribution in [2.24, 2.45) is 11.7 Å². The Bertz CT molecular complexity index is 1010. The van der Waals surface area contributed by atoms with E-state index in [1.165, 1.54) is 11.3 Å². The van der Waals surface area contributed by atoms with E-state index in [4.69, 9.17) is 20.3 Å². The van der Waals surface area contributed by atoms with Crippen LogP contribution in [0.4, 0.5) is 10.3 Å². The van der Waals surface area contributed by atoms with Gasteiger partial charge in [-0.2, -0.15) is 5.26 Å². The molecule has 0 saturated carbocycles. The smallest absolute Gasteiger partial charge is 0.270 e. The van der Waals surface area contributed by atoms with Crippen LogP contribution in [0.25, 0.3) is 0 Å². The van der Waals surface area contributed by atoms with Gasteiger partial charge in [0.15, 0.2) is 11.5 Å². The van der Waals surface area contributed by atoms with Gasteiger partial charge in [0.05, 0.1) is 25.1 Å². The Hall–Kier alpha value is -3.52. The third kappa shape index (κ3) is 3.69. The summed E-state index contributed by atoms with van der Waals surface area (Å²) in [6.07, 6.45) is 4.06. The van der Waals surface area contributed by atoms with Crippen LogP contribution in [-0.2, 0) is 9.63 Å². The van der Waals surface area contributed by atoms with E-state index in [9.17, 15) is 14.0 Å². The largest absolute Gasteiger partial charge is 0.453 e. The van der Waals surface area contributed by atoms with E-state index < -0.39 is 17.4 Å². The fourth-order valence-electron chi connectivity index (χ4n) is 3.76. The van der Waals surface area contributed by atoms with Crippen molar-refractivity contribution in [2.45, 2.75) is 25.3 Å². The predicted molar refractivity (Wildman–Crippen MR) is 99.0 cm³/mol. The number of anilines is 1. The summed E-state index contributed by atoms with van der Waals surface area (Å²) in [6.45, 7) is 1.33. The Kier molecular flexibility index (Phi) is 5.33. The molecule has 0 aromatic carbocycles. The zero-order valence-corrected chi connectivity index (χ0v) is 16.0. The topological polar surface area (TPSA) is 139 Å². The number of hydrogen-bond acceptors (Lipinski definition) is 8. The van der Waals surface area contributed by atoms with Gasteiger partial charge in [0.25, 0.3) is 5.91 Å². The quantitative estimate of drug-likeness (QED) is 0.790. The summed E-state index contributed by atoms with van der Waals surface area (Å²) in [7, 11) is 0. The predicted octanol–water partition coefficient (Wildman–Crippen LogP) is 1.30. The van der Waals surface area contributed by atoms with Crippen LogP contribution >= 0.6 is 0 Å². The van der Waals surface area contributed by atoms with Crippen molar-refractivity contribution in [3.63, 3.8) is 0 Å². The molecule has 10 nitrogen and oxygen atoms in total. The van der Waals surface area contributed by atoms with Gasteiger partial charge in [-0.3, -0.25) is 14.4 Å². The second-order valence-electron chi connectivity index (χ2n) is 7.15. The van der Waals surface area contributed by atoms with Crippen LogP contribution in [0.15, 0.2) is 22.9 Å². The Morgan fingerprint density at radius 2 is 2.07 bits per heavy atom. The molecule has 0 unspecified atom stereocenters. The lowest BCUT2D eigenvalue weighted by Gasteiger charge is -2.33. The highest BCUT2D eigenvalue weighted by molar-refractivity contribution is 5.91. The van der Waals surface area contributed by atoms with Crippen molar-refractivity contribution >= 4 is 17.8 Å². The zero-order chi connectivity index (χ0) is 21.3. The van der Waals surface area contributed by atoms with Crippen LogP contribution in [-0.4, -0.2) is 46.5 Å². The maximum atomic E-state index is 13.6. The molecule has 2 aliphatic heterocycles. The van der Waals surface area contributed by atoms with Crippen LogP contribution < -0.4 is 10.6 Å². The number of carbonyl (C=O) groups is 2. The number of hydroxylamine groups is 2. The lowest BCUT2D eigenvalue weighted by molar-refractivity contribution is -0.182. The van der Waals surface area contributed by atoms with E-state index in [1.54, 1.807) is 11.0 Å². The van der Waals surface area contributed by atoms with E-state index >= 15 is 0 Å². The monoisotopic (exact) mass is 414 g/mol. The SMILES string of the molecule is N#Cc1cc([C@@H]2CCON2C(=O)C2CCN(c3ncc(F)c(C(N)=O)n3)CC2)co1. The summed E-state index contributed by atoms with van der Waals surface area (Å²) in [5.41, 5.74) is 5.41. The summed E-state index contributed by atoms with van der Waals surface area (Å²) in [5, 5.41) is 10.3. The van der Waals surface area contributed by atoms with E-state index in [0.29, 0.717) is 39.0 Å². The van der Waals surface area contributed by atoms with Crippen LogP contribution in [0.1, 0.15) is 47.1 Å². The Labute approximate surface area is 171 Å². The number of primary amides is 1. The molecule has 2 amide bonds. The molecule has 1 atom stereocenters. The highest BCUT2D eigenvalue weighted by atomic mass is 19.1. The summed E-state index contributed by atoms with van der Waals surface area (Å²) < 4.78 is 18.8. The number of halogens is 1. The van der Waals surface area contributed by atoms with Gasteiger partial charge >= 0.3 is 0 Å². The number of hydrogen-bond donors (Lipinski definition) is 1. The average molecular weight is 414 g/mol. The second-order valence-corrected chi connectivity index (χ2v) is 7.15. The zero-order valence-electron chi connectivity index (χ0n) is 16.0. The van der Waals surface area contributed by atoms with Gasteiger partial charge in [-0.1, -0.05) is 0 Å². The number of nitrogens with two attached hydrogens (primary N) is 1. The van der Waals surface area contributed by atoms with Gasteiger partial charge in [-0.25, -0.2) is 19.4 Å².